The molecule has 0 aliphatic carbocycles. The molecule has 0 amide bonds. The van der Waals surface area contributed by atoms with Crippen molar-refractivity contribution in [2.45, 2.75) is 32.6 Å². The molecule has 2 nitrogen and oxygen atoms in total. The van der Waals surface area contributed by atoms with Crippen LogP contribution in [0.15, 0.2) is 22.7 Å². The quantitative estimate of drug-likeness (QED) is 0.599. The van der Waals surface area contributed by atoms with E-state index in [0.29, 0.717) is 5.92 Å². The molecule has 3 heteroatoms. The smallest absolute Gasteiger partial charge is 0.136 e. The first-order chi connectivity index (χ1) is 9.81. The van der Waals surface area contributed by atoms with Gasteiger partial charge in [0.1, 0.15) is 5.75 Å². The van der Waals surface area contributed by atoms with Crippen LogP contribution in [-0.2, 0) is 4.74 Å². The van der Waals surface area contributed by atoms with Gasteiger partial charge < -0.3 is 9.47 Å². The number of hydrogen-bond acceptors (Lipinski definition) is 2. The van der Waals surface area contributed by atoms with Gasteiger partial charge in [0.2, 0.25) is 0 Å². The van der Waals surface area contributed by atoms with Crippen molar-refractivity contribution in [3.8, 4) is 17.6 Å². The zero-order chi connectivity index (χ0) is 14.2. The Labute approximate surface area is 130 Å². The van der Waals surface area contributed by atoms with Crippen LogP contribution >= 0.6 is 15.9 Å². The van der Waals surface area contributed by atoms with E-state index in [1.807, 2.05) is 18.2 Å². The van der Waals surface area contributed by atoms with Crippen LogP contribution in [0, 0.1) is 17.8 Å². The van der Waals surface area contributed by atoms with Crippen molar-refractivity contribution in [3.05, 3.63) is 28.2 Å². The highest BCUT2D eigenvalue weighted by Gasteiger charge is 2.11. The fourth-order valence-electron chi connectivity index (χ4n) is 2.09. The second-order valence-corrected chi connectivity index (χ2v) is 5.83. The molecule has 0 atom stereocenters. The molecule has 2 rings (SSSR count). The summed E-state index contributed by atoms with van der Waals surface area (Å²) in [6.45, 7) is 4.57. The van der Waals surface area contributed by atoms with Gasteiger partial charge in [-0.2, -0.15) is 0 Å². The molecular formula is C17H21BrO2. The van der Waals surface area contributed by atoms with Crippen LogP contribution < -0.4 is 4.74 Å². The molecule has 0 unspecified atom stereocenters. The van der Waals surface area contributed by atoms with Gasteiger partial charge in [-0.05, 0) is 47.3 Å². The molecule has 1 aromatic rings. The first-order valence-corrected chi connectivity index (χ1v) is 8.11. The van der Waals surface area contributed by atoms with Gasteiger partial charge >= 0.3 is 0 Å². The second-order valence-electron chi connectivity index (χ2n) is 4.97. The normalized spacial score (nSPS) is 15.5. The number of benzene rings is 1. The SMILES string of the molecule is CCCCOc1cccc(Br)c1C#CC1CCOCC1. The Balaban J connectivity index is 2.10. The maximum Gasteiger partial charge on any atom is 0.136 e. The third-order valence-corrected chi connectivity index (χ3v) is 4.01. The molecule has 0 spiro atoms. The summed E-state index contributed by atoms with van der Waals surface area (Å²) in [5.41, 5.74) is 0.968. The molecule has 1 saturated heterocycles. The van der Waals surface area contributed by atoms with E-state index in [9.17, 15) is 0 Å². The van der Waals surface area contributed by atoms with E-state index in [1.165, 1.54) is 0 Å². The summed E-state index contributed by atoms with van der Waals surface area (Å²) < 4.78 is 12.2. The Morgan fingerprint density at radius 3 is 2.90 bits per heavy atom. The minimum absolute atomic E-state index is 0.444. The summed E-state index contributed by atoms with van der Waals surface area (Å²) in [5.74, 6) is 8.00. The lowest BCUT2D eigenvalue weighted by molar-refractivity contribution is 0.0807. The lowest BCUT2D eigenvalue weighted by Crippen LogP contribution is -2.13. The number of ether oxygens (including phenoxy) is 2. The van der Waals surface area contributed by atoms with Gasteiger partial charge in [0.25, 0.3) is 0 Å². The molecule has 20 heavy (non-hydrogen) atoms. The van der Waals surface area contributed by atoms with Crippen LogP contribution in [-0.4, -0.2) is 19.8 Å². The predicted octanol–water partition coefficient (Wildman–Crippen LogP) is 4.41. The maximum absolute atomic E-state index is 5.84. The highest BCUT2D eigenvalue weighted by atomic mass is 79.9. The average molecular weight is 337 g/mol. The minimum atomic E-state index is 0.444. The van der Waals surface area contributed by atoms with Gasteiger partial charge in [0.15, 0.2) is 0 Å². The highest BCUT2D eigenvalue weighted by Crippen LogP contribution is 2.26. The van der Waals surface area contributed by atoms with Gasteiger partial charge in [-0.15, -0.1) is 0 Å². The van der Waals surface area contributed by atoms with Crippen molar-refractivity contribution in [1.82, 2.24) is 0 Å². The summed E-state index contributed by atoms with van der Waals surface area (Å²) >= 11 is 3.57. The molecule has 1 heterocycles. The number of hydrogen-bond donors (Lipinski definition) is 0. The average Bonchev–Trinajstić information content (AvgIpc) is 2.48. The molecule has 1 aliphatic heterocycles. The molecule has 0 N–H and O–H groups in total. The van der Waals surface area contributed by atoms with Crippen molar-refractivity contribution < 1.29 is 9.47 Å². The van der Waals surface area contributed by atoms with Gasteiger partial charge in [-0.3, -0.25) is 0 Å². The standard InChI is InChI=1S/C17H21BrO2/c1-2-3-11-20-17-6-4-5-16(18)15(17)8-7-14-9-12-19-13-10-14/h4-6,14H,2-3,9-13H2,1H3. The minimum Gasteiger partial charge on any atom is -0.492 e. The van der Waals surface area contributed by atoms with Crippen LogP contribution in [0.4, 0.5) is 0 Å². The second kappa shape index (κ2) is 8.34. The van der Waals surface area contributed by atoms with Crippen LogP contribution in [0.1, 0.15) is 38.2 Å². The van der Waals surface area contributed by atoms with E-state index in [4.69, 9.17) is 9.47 Å². The molecule has 1 aliphatic rings. The van der Waals surface area contributed by atoms with Crippen molar-refractivity contribution in [2.24, 2.45) is 5.92 Å². The molecule has 0 radical (unpaired) electrons. The number of halogens is 1. The van der Waals surface area contributed by atoms with E-state index in [-0.39, 0.29) is 0 Å². The third-order valence-electron chi connectivity index (χ3n) is 3.35. The van der Waals surface area contributed by atoms with Crippen molar-refractivity contribution >= 4 is 15.9 Å². The van der Waals surface area contributed by atoms with Crippen LogP contribution in [0.2, 0.25) is 0 Å². The zero-order valence-corrected chi connectivity index (χ0v) is 13.5. The van der Waals surface area contributed by atoms with Crippen molar-refractivity contribution in [1.29, 1.82) is 0 Å². The largest absolute Gasteiger partial charge is 0.492 e. The lowest BCUT2D eigenvalue weighted by atomic mass is 10.0. The van der Waals surface area contributed by atoms with Crippen LogP contribution in [0.3, 0.4) is 0 Å². The first kappa shape index (κ1) is 15.4. The fraction of sp³-hybridized carbons (Fsp3) is 0.529. The van der Waals surface area contributed by atoms with Crippen LogP contribution in [0.25, 0.3) is 0 Å². The molecule has 0 bridgehead atoms. The lowest BCUT2D eigenvalue weighted by Gasteiger charge is -2.16. The highest BCUT2D eigenvalue weighted by molar-refractivity contribution is 9.10. The van der Waals surface area contributed by atoms with Gasteiger partial charge in [0.05, 0.1) is 12.2 Å². The topological polar surface area (TPSA) is 18.5 Å². The Morgan fingerprint density at radius 2 is 2.15 bits per heavy atom. The maximum atomic E-state index is 5.84. The molecule has 1 fully saturated rings. The van der Waals surface area contributed by atoms with E-state index < -0.39 is 0 Å². The molecule has 108 valence electrons. The van der Waals surface area contributed by atoms with Gasteiger partial charge in [-0.1, -0.05) is 31.3 Å². The monoisotopic (exact) mass is 336 g/mol. The molecule has 0 saturated carbocycles. The Kier molecular flexibility index (Phi) is 6.42. The summed E-state index contributed by atoms with van der Waals surface area (Å²) in [5, 5.41) is 0. The van der Waals surface area contributed by atoms with Gasteiger partial charge in [-0.25, -0.2) is 0 Å². The molecular weight excluding hydrogens is 316 g/mol. The summed E-state index contributed by atoms with van der Waals surface area (Å²) in [6.07, 6.45) is 4.27. The summed E-state index contributed by atoms with van der Waals surface area (Å²) in [7, 11) is 0. The third kappa shape index (κ3) is 4.54. The van der Waals surface area contributed by atoms with E-state index in [1.54, 1.807) is 0 Å². The number of unbranched alkanes of at least 4 members (excludes halogenated alkanes) is 1. The van der Waals surface area contributed by atoms with Crippen molar-refractivity contribution in [3.63, 3.8) is 0 Å². The first-order valence-electron chi connectivity index (χ1n) is 7.32. The Hall–Kier alpha value is -0.980. The fourth-order valence-corrected chi connectivity index (χ4v) is 2.54. The van der Waals surface area contributed by atoms with E-state index in [0.717, 1.165) is 61.3 Å². The zero-order valence-electron chi connectivity index (χ0n) is 12.0. The Morgan fingerprint density at radius 1 is 1.35 bits per heavy atom. The van der Waals surface area contributed by atoms with E-state index >= 15 is 0 Å². The molecule has 1 aromatic carbocycles. The van der Waals surface area contributed by atoms with Crippen molar-refractivity contribution in [2.75, 3.05) is 19.8 Å². The summed E-state index contributed by atoms with van der Waals surface area (Å²) in [4.78, 5) is 0. The Bertz CT molecular complexity index is 481. The van der Waals surface area contributed by atoms with E-state index in [2.05, 4.69) is 34.7 Å². The van der Waals surface area contributed by atoms with Gasteiger partial charge in [0, 0.05) is 23.6 Å². The predicted molar refractivity (Wildman–Crippen MR) is 85.0 cm³/mol. The number of rotatable bonds is 4. The summed E-state index contributed by atoms with van der Waals surface area (Å²) in [6, 6.07) is 6.00. The van der Waals surface area contributed by atoms with Crippen LogP contribution in [0.5, 0.6) is 5.75 Å². The molecule has 0 aromatic heterocycles.